The molecule has 0 amide bonds. The maximum absolute atomic E-state index is 9.05. The van der Waals surface area contributed by atoms with Gasteiger partial charge in [0.05, 0.1) is 6.04 Å². The molecule has 1 aromatic carbocycles. The van der Waals surface area contributed by atoms with Crippen molar-refractivity contribution in [3.63, 3.8) is 0 Å². The molecule has 132 valence electrons. The number of aromatic nitrogens is 4. The van der Waals surface area contributed by atoms with Crippen molar-refractivity contribution >= 4 is 23.4 Å². The standard InChI is InChI=1S/C18H17ClN6S/c1-12(24(2)3)17-22-23-18(25(17)15-9-7-13(19)8-10-15)26-16-6-4-5-14(11-20)21-16/h4-10,12H,1-3H3. The van der Waals surface area contributed by atoms with Gasteiger partial charge in [0.15, 0.2) is 5.82 Å². The number of benzene rings is 1. The Hall–Kier alpha value is -2.40. The lowest BCUT2D eigenvalue weighted by Gasteiger charge is -2.20. The molecular formula is C18H17ClN6S. The monoisotopic (exact) mass is 384 g/mol. The summed E-state index contributed by atoms with van der Waals surface area (Å²) in [7, 11) is 3.99. The SMILES string of the molecule is CC(c1nnc(Sc2cccc(C#N)n2)n1-c1ccc(Cl)cc1)N(C)C. The van der Waals surface area contributed by atoms with E-state index in [1.165, 1.54) is 11.8 Å². The highest BCUT2D eigenvalue weighted by Crippen LogP contribution is 2.31. The second-order valence-electron chi connectivity index (χ2n) is 5.87. The highest BCUT2D eigenvalue weighted by atomic mass is 35.5. The van der Waals surface area contributed by atoms with E-state index in [1.807, 2.05) is 49.0 Å². The molecular weight excluding hydrogens is 368 g/mol. The molecule has 3 rings (SSSR count). The van der Waals surface area contributed by atoms with E-state index in [1.54, 1.807) is 12.1 Å². The van der Waals surface area contributed by atoms with Gasteiger partial charge in [0.2, 0.25) is 5.16 Å². The second-order valence-corrected chi connectivity index (χ2v) is 7.29. The molecule has 0 saturated heterocycles. The van der Waals surface area contributed by atoms with Gasteiger partial charge in [-0.1, -0.05) is 17.7 Å². The average molecular weight is 385 g/mol. The van der Waals surface area contributed by atoms with Crippen molar-refractivity contribution in [1.82, 2.24) is 24.6 Å². The zero-order chi connectivity index (χ0) is 18.7. The van der Waals surface area contributed by atoms with Crippen LogP contribution >= 0.6 is 23.4 Å². The van der Waals surface area contributed by atoms with Gasteiger partial charge in [0.25, 0.3) is 0 Å². The van der Waals surface area contributed by atoms with Gasteiger partial charge in [-0.15, -0.1) is 10.2 Å². The molecule has 0 bridgehead atoms. The summed E-state index contributed by atoms with van der Waals surface area (Å²) in [5.41, 5.74) is 1.29. The zero-order valence-electron chi connectivity index (χ0n) is 14.6. The van der Waals surface area contributed by atoms with Gasteiger partial charge in [-0.2, -0.15) is 5.26 Å². The van der Waals surface area contributed by atoms with Crippen LogP contribution in [0.15, 0.2) is 52.6 Å². The fourth-order valence-corrected chi connectivity index (χ4v) is 3.28. The summed E-state index contributed by atoms with van der Waals surface area (Å²) in [5.74, 6) is 0.816. The summed E-state index contributed by atoms with van der Waals surface area (Å²) < 4.78 is 1.99. The summed E-state index contributed by atoms with van der Waals surface area (Å²) in [6.45, 7) is 2.07. The van der Waals surface area contributed by atoms with Crippen LogP contribution < -0.4 is 0 Å². The minimum atomic E-state index is 0.0610. The Bertz CT molecular complexity index is 945. The van der Waals surface area contributed by atoms with E-state index in [9.17, 15) is 0 Å². The fourth-order valence-electron chi connectivity index (χ4n) is 2.31. The van der Waals surface area contributed by atoms with Crippen LogP contribution in [0.4, 0.5) is 0 Å². The number of halogens is 1. The summed E-state index contributed by atoms with van der Waals surface area (Å²) in [4.78, 5) is 6.38. The first kappa shape index (κ1) is 18.4. The molecule has 8 heteroatoms. The number of nitriles is 1. The van der Waals surface area contributed by atoms with Crippen LogP contribution in [0, 0.1) is 11.3 Å². The molecule has 2 aromatic heterocycles. The maximum atomic E-state index is 9.05. The van der Waals surface area contributed by atoms with Crippen LogP contribution in [0.25, 0.3) is 5.69 Å². The number of hydrogen-bond acceptors (Lipinski definition) is 6. The van der Waals surface area contributed by atoms with E-state index >= 15 is 0 Å². The number of pyridine rings is 1. The molecule has 0 radical (unpaired) electrons. The summed E-state index contributed by atoms with van der Waals surface area (Å²) >= 11 is 7.40. The molecule has 0 N–H and O–H groups in total. The van der Waals surface area contributed by atoms with Crippen LogP contribution in [0.5, 0.6) is 0 Å². The number of hydrogen-bond donors (Lipinski definition) is 0. The molecule has 2 heterocycles. The molecule has 0 saturated carbocycles. The third kappa shape index (κ3) is 3.88. The van der Waals surface area contributed by atoms with Gasteiger partial charge in [0, 0.05) is 10.7 Å². The molecule has 0 spiro atoms. The summed E-state index contributed by atoms with van der Waals surface area (Å²) in [6.07, 6.45) is 0. The smallest absolute Gasteiger partial charge is 0.202 e. The molecule has 1 atom stereocenters. The lowest BCUT2D eigenvalue weighted by Crippen LogP contribution is -2.20. The first-order valence-corrected chi connectivity index (χ1v) is 9.11. The largest absolute Gasteiger partial charge is 0.300 e. The third-order valence-electron chi connectivity index (χ3n) is 3.93. The first-order valence-electron chi connectivity index (χ1n) is 7.92. The minimum absolute atomic E-state index is 0.0610. The van der Waals surface area contributed by atoms with Gasteiger partial charge in [-0.3, -0.25) is 9.47 Å². The van der Waals surface area contributed by atoms with Crippen LogP contribution in [0.2, 0.25) is 5.02 Å². The summed E-state index contributed by atoms with van der Waals surface area (Å²) in [6, 6.07) is 15.0. The van der Waals surface area contributed by atoms with Crippen molar-refractivity contribution < 1.29 is 0 Å². The van der Waals surface area contributed by atoms with Crippen LogP contribution in [-0.2, 0) is 0 Å². The summed E-state index contributed by atoms with van der Waals surface area (Å²) in [5, 5.41) is 19.9. The molecule has 0 aliphatic carbocycles. The van der Waals surface area contributed by atoms with Gasteiger partial charge < -0.3 is 0 Å². The van der Waals surface area contributed by atoms with Gasteiger partial charge >= 0.3 is 0 Å². The molecule has 0 aliphatic heterocycles. The highest BCUT2D eigenvalue weighted by Gasteiger charge is 2.21. The lowest BCUT2D eigenvalue weighted by molar-refractivity contribution is 0.305. The Morgan fingerprint density at radius 1 is 1.15 bits per heavy atom. The molecule has 3 aromatic rings. The van der Waals surface area contributed by atoms with Gasteiger partial charge in [-0.05, 0) is 69.2 Å². The number of nitrogens with zero attached hydrogens (tertiary/aromatic N) is 6. The molecule has 26 heavy (non-hydrogen) atoms. The number of rotatable bonds is 5. The van der Waals surface area contributed by atoms with E-state index < -0.39 is 0 Å². The Labute approximate surface area is 161 Å². The van der Waals surface area contributed by atoms with Crippen LogP contribution in [-0.4, -0.2) is 38.7 Å². The Morgan fingerprint density at radius 3 is 2.54 bits per heavy atom. The van der Waals surface area contributed by atoms with Crippen molar-refractivity contribution in [3.05, 3.63) is 59.0 Å². The van der Waals surface area contributed by atoms with E-state index in [2.05, 4.69) is 33.1 Å². The van der Waals surface area contributed by atoms with Crippen molar-refractivity contribution in [3.8, 4) is 11.8 Å². The van der Waals surface area contributed by atoms with Crippen molar-refractivity contribution in [2.75, 3.05) is 14.1 Å². The molecule has 1 unspecified atom stereocenters. The van der Waals surface area contributed by atoms with Gasteiger partial charge in [0.1, 0.15) is 16.8 Å². The van der Waals surface area contributed by atoms with Crippen LogP contribution in [0.3, 0.4) is 0 Å². The van der Waals surface area contributed by atoms with Crippen molar-refractivity contribution in [2.24, 2.45) is 0 Å². The Kier molecular flexibility index (Phi) is 5.57. The lowest BCUT2D eigenvalue weighted by atomic mass is 10.2. The maximum Gasteiger partial charge on any atom is 0.202 e. The Morgan fingerprint density at radius 2 is 1.88 bits per heavy atom. The van der Waals surface area contributed by atoms with Crippen molar-refractivity contribution in [1.29, 1.82) is 5.26 Å². The topological polar surface area (TPSA) is 70.6 Å². The predicted octanol–water partition coefficient (Wildman–Crippen LogP) is 3.96. The zero-order valence-corrected chi connectivity index (χ0v) is 16.2. The van der Waals surface area contributed by atoms with E-state index in [-0.39, 0.29) is 6.04 Å². The fraction of sp³-hybridized carbons (Fsp3) is 0.222. The normalized spacial score (nSPS) is 12.2. The predicted molar refractivity (Wildman–Crippen MR) is 102 cm³/mol. The molecule has 0 aliphatic rings. The molecule has 6 nitrogen and oxygen atoms in total. The quantitative estimate of drug-likeness (QED) is 0.663. The molecule has 0 fully saturated rings. The van der Waals surface area contributed by atoms with E-state index in [4.69, 9.17) is 16.9 Å². The highest BCUT2D eigenvalue weighted by molar-refractivity contribution is 7.99. The van der Waals surface area contributed by atoms with E-state index in [0.29, 0.717) is 20.9 Å². The Balaban J connectivity index is 2.07. The van der Waals surface area contributed by atoms with Crippen molar-refractivity contribution in [2.45, 2.75) is 23.1 Å². The van der Waals surface area contributed by atoms with Gasteiger partial charge in [-0.25, -0.2) is 4.98 Å². The second kappa shape index (κ2) is 7.87. The minimum Gasteiger partial charge on any atom is -0.300 e. The van der Waals surface area contributed by atoms with E-state index in [0.717, 1.165) is 11.5 Å². The average Bonchev–Trinajstić information content (AvgIpc) is 3.05. The first-order chi connectivity index (χ1) is 12.5. The van der Waals surface area contributed by atoms with Crippen LogP contribution in [0.1, 0.15) is 24.5 Å². The third-order valence-corrected chi connectivity index (χ3v) is 5.06.